The molecule has 2 nitrogen and oxygen atoms in total. The number of hydrogen-bond donors (Lipinski definition) is 2. The average molecular weight is 259 g/mol. The zero-order chi connectivity index (χ0) is 13.7. The Labute approximate surface area is 112 Å². The fourth-order valence-corrected chi connectivity index (χ4v) is 1.98. The molecule has 2 rings (SSSR count). The molecule has 2 aromatic carbocycles. The SMILES string of the molecule is CC(CCc1ccccc1)Nc1ccc(O)c(F)c1. The lowest BCUT2D eigenvalue weighted by atomic mass is 10.1. The Morgan fingerprint density at radius 2 is 1.89 bits per heavy atom. The Bertz CT molecular complexity index is 528. The van der Waals surface area contributed by atoms with Gasteiger partial charge in [-0.2, -0.15) is 0 Å². The third-order valence-electron chi connectivity index (χ3n) is 3.07. The highest BCUT2D eigenvalue weighted by Crippen LogP contribution is 2.20. The maximum Gasteiger partial charge on any atom is 0.166 e. The number of anilines is 1. The molecule has 0 aliphatic carbocycles. The number of phenolic OH excluding ortho intramolecular Hbond substituents is 1. The lowest BCUT2D eigenvalue weighted by Gasteiger charge is -2.15. The van der Waals surface area contributed by atoms with Gasteiger partial charge in [-0.1, -0.05) is 30.3 Å². The van der Waals surface area contributed by atoms with Gasteiger partial charge in [0, 0.05) is 17.8 Å². The number of benzene rings is 2. The van der Waals surface area contributed by atoms with E-state index < -0.39 is 5.82 Å². The molecule has 0 aliphatic heterocycles. The van der Waals surface area contributed by atoms with Gasteiger partial charge in [-0.15, -0.1) is 0 Å². The first-order valence-electron chi connectivity index (χ1n) is 6.44. The predicted octanol–water partition coefficient (Wildman–Crippen LogP) is 3.96. The highest BCUT2D eigenvalue weighted by Gasteiger charge is 2.05. The van der Waals surface area contributed by atoms with Crippen LogP contribution in [0, 0.1) is 5.82 Å². The summed E-state index contributed by atoms with van der Waals surface area (Å²) in [5.74, 6) is -0.914. The van der Waals surface area contributed by atoms with Crippen molar-refractivity contribution in [1.29, 1.82) is 0 Å². The maximum atomic E-state index is 13.2. The molecular weight excluding hydrogens is 241 g/mol. The van der Waals surface area contributed by atoms with Gasteiger partial charge in [0.25, 0.3) is 0 Å². The normalized spacial score (nSPS) is 12.1. The molecule has 0 heterocycles. The lowest BCUT2D eigenvalue weighted by molar-refractivity contribution is 0.432. The molecule has 0 aliphatic rings. The van der Waals surface area contributed by atoms with Crippen molar-refractivity contribution in [2.75, 3.05) is 5.32 Å². The van der Waals surface area contributed by atoms with Gasteiger partial charge in [0.15, 0.2) is 11.6 Å². The molecule has 0 saturated carbocycles. The van der Waals surface area contributed by atoms with Crippen molar-refractivity contribution in [3.63, 3.8) is 0 Å². The Balaban J connectivity index is 1.87. The Morgan fingerprint density at radius 3 is 2.58 bits per heavy atom. The van der Waals surface area contributed by atoms with Crippen LogP contribution in [0.3, 0.4) is 0 Å². The zero-order valence-corrected chi connectivity index (χ0v) is 10.9. The Kier molecular flexibility index (Phi) is 4.39. The smallest absolute Gasteiger partial charge is 0.166 e. The zero-order valence-electron chi connectivity index (χ0n) is 10.9. The number of aryl methyl sites for hydroxylation is 1. The topological polar surface area (TPSA) is 32.3 Å². The molecule has 0 aromatic heterocycles. The van der Waals surface area contributed by atoms with Gasteiger partial charge in [0.05, 0.1) is 0 Å². The molecule has 2 N–H and O–H groups in total. The van der Waals surface area contributed by atoms with Crippen molar-refractivity contribution < 1.29 is 9.50 Å². The minimum absolute atomic E-state index is 0.240. The number of phenols is 1. The molecule has 0 bridgehead atoms. The largest absolute Gasteiger partial charge is 0.505 e. The minimum atomic E-state index is -0.597. The summed E-state index contributed by atoms with van der Waals surface area (Å²) in [5, 5.41) is 12.4. The standard InChI is InChI=1S/C16H18FNO/c1-12(7-8-13-5-3-2-4-6-13)18-14-9-10-16(19)15(17)11-14/h2-6,9-12,18-19H,7-8H2,1H3. The molecular formula is C16H18FNO. The van der Waals surface area contributed by atoms with Gasteiger partial charge < -0.3 is 10.4 Å². The van der Waals surface area contributed by atoms with Crippen molar-refractivity contribution >= 4 is 5.69 Å². The monoisotopic (exact) mass is 259 g/mol. The fraction of sp³-hybridized carbons (Fsp3) is 0.250. The Morgan fingerprint density at radius 1 is 1.16 bits per heavy atom. The first-order valence-corrected chi connectivity index (χ1v) is 6.44. The van der Waals surface area contributed by atoms with E-state index in [9.17, 15) is 4.39 Å². The summed E-state index contributed by atoms with van der Waals surface area (Å²) in [6.45, 7) is 2.06. The van der Waals surface area contributed by atoms with Crippen LogP contribution in [0.15, 0.2) is 48.5 Å². The van der Waals surface area contributed by atoms with Gasteiger partial charge in [-0.3, -0.25) is 0 Å². The quantitative estimate of drug-likeness (QED) is 0.796. The molecule has 19 heavy (non-hydrogen) atoms. The molecule has 1 atom stereocenters. The van der Waals surface area contributed by atoms with Gasteiger partial charge in [0.2, 0.25) is 0 Å². The van der Waals surface area contributed by atoms with Crippen LogP contribution in [0.25, 0.3) is 0 Å². The van der Waals surface area contributed by atoms with Crippen LogP contribution >= 0.6 is 0 Å². The van der Waals surface area contributed by atoms with Gasteiger partial charge >= 0.3 is 0 Å². The van der Waals surface area contributed by atoms with E-state index in [2.05, 4.69) is 24.4 Å². The highest BCUT2D eigenvalue weighted by molar-refractivity contribution is 5.47. The summed E-state index contributed by atoms with van der Waals surface area (Å²) < 4.78 is 13.2. The molecule has 1 unspecified atom stereocenters. The van der Waals surface area contributed by atoms with E-state index in [-0.39, 0.29) is 11.8 Å². The first kappa shape index (κ1) is 13.4. The highest BCUT2D eigenvalue weighted by atomic mass is 19.1. The second kappa shape index (κ2) is 6.23. The summed E-state index contributed by atoms with van der Waals surface area (Å²) in [6, 6.07) is 14.9. The van der Waals surface area contributed by atoms with E-state index in [1.807, 2.05) is 18.2 Å². The van der Waals surface area contributed by atoms with Crippen molar-refractivity contribution in [2.24, 2.45) is 0 Å². The van der Waals surface area contributed by atoms with E-state index in [1.165, 1.54) is 17.7 Å². The fourth-order valence-electron chi connectivity index (χ4n) is 1.98. The first-order chi connectivity index (χ1) is 9.15. The molecule has 2 aromatic rings. The van der Waals surface area contributed by atoms with Crippen LogP contribution in [0.2, 0.25) is 0 Å². The van der Waals surface area contributed by atoms with Crippen LogP contribution in [-0.4, -0.2) is 11.1 Å². The van der Waals surface area contributed by atoms with Gasteiger partial charge in [-0.05, 0) is 37.5 Å². The molecule has 3 heteroatoms. The van der Waals surface area contributed by atoms with E-state index in [1.54, 1.807) is 6.07 Å². The molecule has 0 spiro atoms. The molecule has 0 fully saturated rings. The third kappa shape index (κ3) is 3.98. The second-order valence-corrected chi connectivity index (χ2v) is 4.74. The average Bonchev–Trinajstić information content (AvgIpc) is 2.42. The van der Waals surface area contributed by atoms with Crippen LogP contribution < -0.4 is 5.32 Å². The van der Waals surface area contributed by atoms with Crippen LogP contribution in [0.5, 0.6) is 5.75 Å². The van der Waals surface area contributed by atoms with E-state index in [0.717, 1.165) is 12.8 Å². The summed E-state index contributed by atoms with van der Waals surface area (Å²) >= 11 is 0. The number of rotatable bonds is 5. The van der Waals surface area contributed by atoms with Gasteiger partial charge in [0.1, 0.15) is 0 Å². The van der Waals surface area contributed by atoms with Crippen LogP contribution in [-0.2, 0) is 6.42 Å². The predicted molar refractivity (Wildman–Crippen MR) is 75.9 cm³/mol. The summed E-state index contributed by atoms with van der Waals surface area (Å²) in [4.78, 5) is 0. The third-order valence-corrected chi connectivity index (χ3v) is 3.07. The second-order valence-electron chi connectivity index (χ2n) is 4.74. The number of halogens is 1. The van der Waals surface area contributed by atoms with E-state index in [4.69, 9.17) is 5.11 Å². The van der Waals surface area contributed by atoms with Crippen molar-refractivity contribution in [2.45, 2.75) is 25.8 Å². The molecule has 0 amide bonds. The van der Waals surface area contributed by atoms with Crippen molar-refractivity contribution in [3.05, 3.63) is 59.9 Å². The van der Waals surface area contributed by atoms with Crippen molar-refractivity contribution in [3.8, 4) is 5.75 Å². The molecule has 100 valence electrons. The Hall–Kier alpha value is -2.03. The van der Waals surface area contributed by atoms with Crippen molar-refractivity contribution in [1.82, 2.24) is 0 Å². The van der Waals surface area contributed by atoms with Crippen LogP contribution in [0.4, 0.5) is 10.1 Å². The number of aromatic hydroxyl groups is 1. The maximum absolute atomic E-state index is 13.2. The summed E-state index contributed by atoms with van der Waals surface area (Å²) in [5.41, 5.74) is 1.99. The summed E-state index contributed by atoms with van der Waals surface area (Å²) in [6.07, 6.45) is 1.95. The number of nitrogens with one attached hydrogen (secondary N) is 1. The van der Waals surface area contributed by atoms with E-state index >= 15 is 0 Å². The van der Waals surface area contributed by atoms with E-state index in [0.29, 0.717) is 5.69 Å². The number of hydrogen-bond acceptors (Lipinski definition) is 2. The van der Waals surface area contributed by atoms with Gasteiger partial charge in [-0.25, -0.2) is 4.39 Å². The molecule has 0 saturated heterocycles. The molecule has 0 radical (unpaired) electrons. The summed E-state index contributed by atoms with van der Waals surface area (Å²) in [7, 11) is 0. The minimum Gasteiger partial charge on any atom is -0.505 e. The van der Waals surface area contributed by atoms with Crippen LogP contribution in [0.1, 0.15) is 18.9 Å². The lowest BCUT2D eigenvalue weighted by Crippen LogP contribution is -2.16.